The van der Waals surface area contributed by atoms with Crippen molar-refractivity contribution in [2.24, 2.45) is 0 Å². The molecule has 0 bridgehead atoms. The number of para-hydroxylation sites is 1. The van der Waals surface area contributed by atoms with Crippen molar-refractivity contribution in [1.29, 1.82) is 0 Å². The fourth-order valence-corrected chi connectivity index (χ4v) is 15.0. The van der Waals surface area contributed by atoms with Crippen molar-refractivity contribution in [3.63, 3.8) is 0 Å². The van der Waals surface area contributed by atoms with E-state index in [1.54, 1.807) is 0 Å². The zero-order valence-electron chi connectivity index (χ0n) is 49.8. The zero-order valence-corrected chi connectivity index (χ0v) is 50.6. The summed E-state index contributed by atoms with van der Waals surface area (Å²) in [6.45, 7) is 0. The average molecular weight is 1180 g/mol. The van der Waals surface area contributed by atoms with Crippen LogP contribution in [0, 0.1) is 0 Å². The number of hydrogen-bond donors (Lipinski definition) is 0. The van der Waals surface area contributed by atoms with E-state index in [0.717, 1.165) is 56.4 Å². The smallest absolute Gasteiger partial charge is 0.0540 e. The maximum absolute atomic E-state index is 2.47. The second-order valence-electron chi connectivity index (χ2n) is 23.5. The molecule has 16 aromatic carbocycles. The number of hydrogen-bond acceptors (Lipinski definition) is 3. The summed E-state index contributed by atoms with van der Waals surface area (Å²) in [6.07, 6.45) is 0. The molecule has 0 saturated carbocycles. The van der Waals surface area contributed by atoms with Gasteiger partial charge in [0, 0.05) is 53.9 Å². The molecule has 17 aromatic rings. The molecule has 0 radical (unpaired) electrons. The minimum Gasteiger partial charge on any atom is -0.310 e. The molecule has 0 amide bonds. The summed E-state index contributed by atoms with van der Waals surface area (Å²) >= 11 is 1.87. The molecule has 1 aromatic heterocycles. The minimum atomic E-state index is 1.06. The highest BCUT2D eigenvalue weighted by molar-refractivity contribution is 7.26. The number of rotatable bonds is 12. The fourth-order valence-electron chi connectivity index (χ4n) is 13.9. The Morgan fingerprint density at radius 1 is 0.187 bits per heavy atom. The van der Waals surface area contributed by atoms with Crippen LogP contribution < -0.4 is 9.80 Å². The van der Waals surface area contributed by atoms with Crippen molar-refractivity contribution < 1.29 is 0 Å². The molecule has 17 rings (SSSR count). The van der Waals surface area contributed by atoms with Gasteiger partial charge in [-0.05, 0) is 178 Å². The largest absolute Gasteiger partial charge is 0.310 e. The van der Waals surface area contributed by atoms with Crippen LogP contribution in [0.25, 0.3) is 130 Å². The Bertz CT molecular complexity index is 5590. The van der Waals surface area contributed by atoms with Crippen LogP contribution in [-0.2, 0) is 0 Å². The van der Waals surface area contributed by atoms with Crippen LogP contribution in [0.15, 0.2) is 352 Å². The first kappa shape index (κ1) is 53.6. The standard InChI is InChI=1S/C88H58N2S/c1-3-19-59(20-4-1)60-39-41-64(42-40-60)79-30-11-13-36-84(79)90(85-54-53-76(61-21-5-2-6-22-61)81-31-9-10-32-82(81)85)72-28-16-26-66(57-72)65-25-15-27-71(56-65)89(70-48-45-63(46-49-70)75-34-17-24-62-23-7-8-29-74(62)75)73-50-52-78-69(58-73)44-43-67-55-68(47-51-77(67)78)80-35-18-38-87-88(80)83-33-12-14-37-86(83)91-87/h1-58H. The second kappa shape index (κ2) is 22.8. The summed E-state index contributed by atoms with van der Waals surface area (Å²) in [5, 5.41) is 12.4. The highest BCUT2D eigenvalue weighted by atomic mass is 32.1. The summed E-state index contributed by atoms with van der Waals surface area (Å²) < 4.78 is 2.64. The van der Waals surface area contributed by atoms with Crippen LogP contribution >= 0.6 is 11.3 Å². The lowest BCUT2D eigenvalue weighted by Crippen LogP contribution is -2.12. The SMILES string of the molecule is c1ccc(-c2ccc(-c3ccccc3N(c3cccc(-c4cccc(N(c5ccc(-c6cccc7ccccc67)cc5)c5ccc6c(ccc7cc(-c8cccc9sc%10ccccc%10c89)ccc76)c5)c4)c3)c3ccc(-c4ccccc4)c4ccccc34)cc2)cc1. The Hall–Kier alpha value is -11.6. The van der Waals surface area contributed by atoms with E-state index in [2.05, 4.69) is 362 Å². The van der Waals surface area contributed by atoms with E-state index in [4.69, 9.17) is 0 Å². The second-order valence-corrected chi connectivity index (χ2v) is 24.6. The van der Waals surface area contributed by atoms with E-state index >= 15 is 0 Å². The van der Waals surface area contributed by atoms with Crippen molar-refractivity contribution in [3.05, 3.63) is 352 Å². The predicted molar refractivity (Wildman–Crippen MR) is 391 cm³/mol. The number of fused-ring (bicyclic) bond motifs is 8. The van der Waals surface area contributed by atoms with Crippen LogP contribution in [-0.4, -0.2) is 0 Å². The van der Waals surface area contributed by atoms with Gasteiger partial charge in [0.15, 0.2) is 0 Å². The summed E-state index contributed by atoms with van der Waals surface area (Å²) in [5.41, 5.74) is 20.6. The van der Waals surface area contributed by atoms with Crippen LogP contribution in [0.5, 0.6) is 0 Å². The van der Waals surface area contributed by atoms with Crippen molar-refractivity contribution in [3.8, 4) is 66.8 Å². The first-order valence-corrected chi connectivity index (χ1v) is 32.0. The van der Waals surface area contributed by atoms with E-state index in [-0.39, 0.29) is 0 Å². The van der Waals surface area contributed by atoms with Gasteiger partial charge in [-0.3, -0.25) is 0 Å². The van der Waals surface area contributed by atoms with Gasteiger partial charge in [-0.15, -0.1) is 11.3 Å². The molecule has 1 heterocycles. The van der Waals surface area contributed by atoms with Gasteiger partial charge >= 0.3 is 0 Å². The maximum atomic E-state index is 2.47. The molecule has 0 fully saturated rings. The Labute approximate surface area is 533 Å². The third-order valence-corrected chi connectivity index (χ3v) is 19.4. The van der Waals surface area contributed by atoms with Crippen LogP contribution in [0.2, 0.25) is 0 Å². The quantitative estimate of drug-likeness (QED) is 0.113. The summed E-state index contributed by atoms with van der Waals surface area (Å²) in [7, 11) is 0. The number of benzene rings is 16. The molecule has 0 atom stereocenters. The molecule has 0 N–H and O–H groups in total. The molecular formula is C88H58N2S. The summed E-state index contributed by atoms with van der Waals surface area (Å²) in [5.74, 6) is 0. The van der Waals surface area contributed by atoms with Gasteiger partial charge in [-0.1, -0.05) is 273 Å². The van der Waals surface area contributed by atoms with Gasteiger partial charge in [0.2, 0.25) is 0 Å². The Morgan fingerprint density at radius 2 is 0.659 bits per heavy atom. The van der Waals surface area contributed by atoms with Gasteiger partial charge in [0.05, 0.1) is 11.4 Å². The van der Waals surface area contributed by atoms with E-state index < -0.39 is 0 Å². The summed E-state index contributed by atoms with van der Waals surface area (Å²) in [6, 6.07) is 129. The lowest BCUT2D eigenvalue weighted by atomic mass is 9.94. The van der Waals surface area contributed by atoms with Crippen molar-refractivity contribution in [2.75, 3.05) is 9.80 Å². The van der Waals surface area contributed by atoms with Gasteiger partial charge < -0.3 is 9.80 Å². The summed E-state index contributed by atoms with van der Waals surface area (Å²) in [4.78, 5) is 4.89. The third kappa shape index (κ3) is 9.77. The average Bonchev–Trinajstić information content (AvgIpc) is 1.78. The lowest BCUT2D eigenvalue weighted by Gasteiger charge is -2.30. The maximum Gasteiger partial charge on any atom is 0.0540 e. The van der Waals surface area contributed by atoms with Crippen molar-refractivity contribution in [1.82, 2.24) is 0 Å². The van der Waals surface area contributed by atoms with E-state index in [0.29, 0.717) is 0 Å². The molecule has 0 saturated heterocycles. The molecule has 426 valence electrons. The first-order chi connectivity index (χ1) is 45.1. The zero-order chi connectivity index (χ0) is 60.2. The molecule has 0 aliphatic carbocycles. The Kier molecular flexibility index (Phi) is 13.4. The Morgan fingerprint density at radius 3 is 1.44 bits per heavy atom. The highest BCUT2D eigenvalue weighted by Gasteiger charge is 2.23. The highest BCUT2D eigenvalue weighted by Crippen LogP contribution is 2.48. The predicted octanol–water partition coefficient (Wildman–Crippen LogP) is 25.6. The van der Waals surface area contributed by atoms with E-state index in [9.17, 15) is 0 Å². The minimum absolute atomic E-state index is 1.06. The van der Waals surface area contributed by atoms with Crippen LogP contribution in [0.4, 0.5) is 34.1 Å². The number of anilines is 6. The molecule has 2 nitrogen and oxygen atoms in total. The first-order valence-electron chi connectivity index (χ1n) is 31.2. The number of nitrogens with zero attached hydrogens (tertiary/aromatic N) is 2. The third-order valence-electron chi connectivity index (χ3n) is 18.2. The lowest BCUT2D eigenvalue weighted by molar-refractivity contribution is 1.29. The topological polar surface area (TPSA) is 6.48 Å². The van der Waals surface area contributed by atoms with Gasteiger partial charge in [-0.25, -0.2) is 0 Å². The molecule has 3 heteroatoms. The fraction of sp³-hybridized carbons (Fsp3) is 0. The molecule has 0 aliphatic rings. The molecule has 91 heavy (non-hydrogen) atoms. The molecular weight excluding hydrogens is 1120 g/mol. The van der Waals surface area contributed by atoms with Crippen LogP contribution in [0.1, 0.15) is 0 Å². The van der Waals surface area contributed by atoms with E-state index in [1.165, 1.54) is 108 Å². The molecule has 0 unspecified atom stereocenters. The number of thiophene rings is 1. The van der Waals surface area contributed by atoms with E-state index in [1.807, 2.05) is 11.3 Å². The van der Waals surface area contributed by atoms with Crippen molar-refractivity contribution in [2.45, 2.75) is 0 Å². The monoisotopic (exact) mass is 1170 g/mol. The molecule has 0 aliphatic heterocycles. The van der Waals surface area contributed by atoms with Crippen LogP contribution in [0.3, 0.4) is 0 Å². The van der Waals surface area contributed by atoms with Gasteiger partial charge in [0.25, 0.3) is 0 Å². The Balaban J connectivity index is 0.789. The normalized spacial score (nSPS) is 11.5. The molecule has 0 spiro atoms. The van der Waals surface area contributed by atoms with Gasteiger partial charge in [-0.2, -0.15) is 0 Å². The van der Waals surface area contributed by atoms with Crippen molar-refractivity contribution >= 4 is 109 Å². The van der Waals surface area contributed by atoms with Gasteiger partial charge in [0.1, 0.15) is 0 Å².